The van der Waals surface area contributed by atoms with Crippen LogP contribution in [0, 0.1) is 0 Å². The molecule has 1 aromatic carbocycles. The molecule has 0 aromatic heterocycles. The van der Waals surface area contributed by atoms with Gasteiger partial charge in [0.15, 0.2) is 11.5 Å². The van der Waals surface area contributed by atoms with Gasteiger partial charge in [-0.2, -0.15) is 0 Å². The number of nitrogens with zero attached hydrogens (tertiary/aromatic N) is 1. The zero-order valence-corrected chi connectivity index (χ0v) is 13.6. The topological polar surface area (TPSA) is 41.9 Å². The number of ether oxygens (including phenoxy) is 2. The first-order valence-corrected chi connectivity index (χ1v) is 8.31. The summed E-state index contributed by atoms with van der Waals surface area (Å²) in [5.41, 5.74) is -0.579. The van der Waals surface area contributed by atoms with Crippen LogP contribution in [0.4, 0.5) is 0 Å². The Labute approximate surface area is 133 Å². The second-order valence-electron chi connectivity index (χ2n) is 6.79. The Morgan fingerprint density at radius 2 is 1.82 bits per heavy atom. The van der Waals surface area contributed by atoms with E-state index in [0.29, 0.717) is 25.1 Å². The zero-order valence-electron chi connectivity index (χ0n) is 13.6. The number of para-hydroxylation sites is 2. The van der Waals surface area contributed by atoms with E-state index in [1.807, 2.05) is 24.3 Å². The predicted octanol–water partition coefficient (Wildman–Crippen LogP) is 2.84. The van der Waals surface area contributed by atoms with Crippen LogP contribution in [0.1, 0.15) is 38.5 Å². The van der Waals surface area contributed by atoms with Gasteiger partial charge < -0.3 is 19.5 Å². The summed E-state index contributed by atoms with van der Waals surface area (Å²) < 4.78 is 11.1. The van der Waals surface area contributed by atoms with Gasteiger partial charge in [-0.15, -0.1) is 0 Å². The number of piperidine rings is 2. The van der Waals surface area contributed by atoms with Crippen molar-refractivity contribution >= 4 is 0 Å². The van der Waals surface area contributed by atoms with E-state index in [9.17, 15) is 5.11 Å². The normalized spacial score (nSPS) is 31.8. The van der Waals surface area contributed by atoms with E-state index in [1.54, 1.807) is 7.11 Å². The van der Waals surface area contributed by atoms with Crippen molar-refractivity contribution in [1.82, 2.24) is 4.90 Å². The van der Waals surface area contributed by atoms with E-state index in [-0.39, 0.29) is 0 Å². The van der Waals surface area contributed by atoms with E-state index < -0.39 is 5.60 Å². The molecule has 122 valence electrons. The molecule has 2 fully saturated rings. The summed E-state index contributed by atoms with van der Waals surface area (Å²) in [6.45, 7) is 0.528. The average Bonchev–Trinajstić information content (AvgIpc) is 2.50. The van der Waals surface area contributed by atoms with Crippen LogP contribution < -0.4 is 9.47 Å². The molecule has 2 atom stereocenters. The third-order valence-corrected chi connectivity index (χ3v) is 5.35. The molecule has 2 unspecified atom stereocenters. The molecule has 2 aliphatic heterocycles. The average molecular weight is 305 g/mol. The molecule has 0 radical (unpaired) electrons. The van der Waals surface area contributed by atoms with Gasteiger partial charge in [-0.3, -0.25) is 0 Å². The van der Waals surface area contributed by atoms with Gasteiger partial charge in [0.2, 0.25) is 0 Å². The first kappa shape index (κ1) is 15.6. The highest BCUT2D eigenvalue weighted by Crippen LogP contribution is 2.40. The van der Waals surface area contributed by atoms with Gasteiger partial charge in [-0.05, 0) is 44.9 Å². The second-order valence-corrected chi connectivity index (χ2v) is 6.79. The SMILES string of the molecule is COc1ccccc1OCCC1(O)CC2CCCC(C1)N2C. The van der Waals surface area contributed by atoms with Gasteiger partial charge in [-0.25, -0.2) is 0 Å². The minimum absolute atomic E-state index is 0.528. The molecule has 1 N–H and O–H groups in total. The highest BCUT2D eigenvalue weighted by Gasteiger charge is 2.43. The van der Waals surface area contributed by atoms with Crippen molar-refractivity contribution in [3.63, 3.8) is 0 Å². The smallest absolute Gasteiger partial charge is 0.161 e. The Kier molecular flexibility index (Phi) is 4.59. The summed E-state index contributed by atoms with van der Waals surface area (Å²) >= 11 is 0. The number of rotatable bonds is 5. The van der Waals surface area contributed by atoms with Crippen molar-refractivity contribution in [2.24, 2.45) is 0 Å². The van der Waals surface area contributed by atoms with Gasteiger partial charge >= 0.3 is 0 Å². The van der Waals surface area contributed by atoms with Crippen molar-refractivity contribution in [2.75, 3.05) is 20.8 Å². The van der Waals surface area contributed by atoms with Crippen LogP contribution in [0.2, 0.25) is 0 Å². The van der Waals surface area contributed by atoms with Crippen molar-refractivity contribution in [3.8, 4) is 11.5 Å². The third kappa shape index (κ3) is 3.23. The lowest BCUT2D eigenvalue weighted by Gasteiger charge is -2.50. The standard InChI is InChI=1S/C18H27NO3/c1-19-14-6-5-7-15(19)13-18(20,12-14)10-11-22-17-9-4-3-8-16(17)21-2/h3-4,8-9,14-15,20H,5-7,10-13H2,1-2H3. The van der Waals surface area contributed by atoms with E-state index in [0.717, 1.165) is 24.3 Å². The van der Waals surface area contributed by atoms with Gasteiger partial charge in [0.25, 0.3) is 0 Å². The zero-order chi connectivity index (χ0) is 15.6. The lowest BCUT2D eigenvalue weighted by atomic mass is 9.74. The minimum Gasteiger partial charge on any atom is -0.493 e. The molecule has 3 rings (SSSR count). The van der Waals surface area contributed by atoms with E-state index >= 15 is 0 Å². The summed E-state index contributed by atoms with van der Waals surface area (Å²) in [6, 6.07) is 8.73. The fourth-order valence-electron chi connectivity index (χ4n) is 4.04. The van der Waals surface area contributed by atoms with Crippen LogP contribution in [0.15, 0.2) is 24.3 Å². The number of aliphatic hydroxyl groups is 1. The monoisotopic (exact) mass is 305 g/mol. The van der Waals surface area contributed by atoms with E-state index in [4.69, 9.17) is 9.47 Å². The maximum atomic E-state index is 11.0. The summed E-state index contributed by atoms with van der Waals surface area (Å²) in [7, 11) is 3.85. The molecule has 4 nitrogen and oxygen atoms in total. The van der Waals surface area contributed by atoms with Crippen LogP contribution in [-0.4, -0.2) is 48.5 Å². The molecular formula is C18H27NO3. The van der Waals surface area contributed by atoms with Crippen LogP contribution in [0.25, 0.3) is 0 Å². The summed E-state index contributed by atoms with van der Waals surface area (Å²) in [5, 5.41) is 11.0. The molecule has 22 heavy (non-hydrogen) atoms. The molecule has 2 bridgehead atoms. The number of methoxy groups -OCH3 is 1. The molecule has 2 heterocycles. The summed E-state index contributed by atoms with van der Waals surface area (Å²) in [4.78, 5) is 2.47. The quantitative estimate of drug-likeness (QED) is 0.908. The summed E-state index contributed by atoms with van der Waals surface area (Å²) in [6.07, 6.45) is 6.15. The van der Waals surface area contributed by atoms with Crippen LogP contribution in [0.3, 0.4) is 0 Å². The first-order chi connectivity index (χ1) is 10.6. The van der Waals surface area contributed by atoms with Crippen molar-refractivity contribution in [2.45, 2.75) is 56.2 Å². The molecule has 4 heteroatoms. The van der Waals surface area contributed by atoms with Gasteiger partial charge in [-0.1, -0.05) is 18.6 Å². The van der Waals surface area contributed by atoms with Crippen molar-refractivity contribution < 1.29 is 14.6 Å². The Morgan fingerprint density at radius 3 is 2.45 bits per heavy atom. The number of hydrogen-bond acceptors (Lipinski definition) is 4. The fraction of sp³-hybridized carbons (Fsp3) is 0.667. The molecule has 2 aliphatic rings. The molecule has 0 amide bonds. The Bertz CT molecular complexity index is 491. The number of benzene rings is 1. The molecule has 0 saturated carbocycles. The lowest BCUT2D eigenvalue weighted by molar-refractivity contribution is -0.0912. The maximum absolute atomic E-state index is 11.0. The third-order valence-electron chi connectivity index (χ3n) is 5.35. The molecule has 0 spiro atoms. The molecule has 0 aliphatic carbocycles. The van der Waals surface area contributed by atoms with Crippen molar-refractivity contribution in [3.05, 3.63) is 24.3 Å². The molecule has 2 saturated heterocycles. The van der Waals surface area contributed by atoms with Crippen LogP contribution in [-0.2, 0) is 0 Å². The Balaban J connectivity index is 1.57. The Hall–Kier alpha value is -1.26. The highest BCUT2D eigenvalue weighted by molar-refractivity contribution is 5.39. The number of hydrogen-bond donors (Lipinski definition) is 1. The van der Waals surface area contributed by atoms with Crippen LogP contribution in [0.5, 0.6) is 11.5 Å². The largest absolute Gasteiger partial charge is 0.493 e. The molecular weight excluding hydrogens is 278 g/mol. The van der Waals surface area contributed by atoms with Gasteiger partial charge in [0.05, 0.1) is 19.3 Å². The Morgan fingerprint density at radius 1 is 1.18 bits per heavy atom. The van der Waals surface area contributed by atoms with E-state index in [1.165, 1.54) is 19.3 Å². The van der Waals surface area contributed by atoms with Crippen LogP contribution >= 0.6 is 0 Å². The fourth-order valence-corrected chi connectivity index (χ4v) is 4.04. The summed E-state index contributed by atoms with van der Waals surface area (Å²) in [5.74, 6) is 1.50. The molecule has 1 aromatic rings. The number of fused-ring (bicyclic) bond motifs is 2. The maximum Gasteiger partial charge on any atom is 0.161 e. The predicted molar refractivity (Wildman–Crippen MR) is 86.5 cm³/mol. The van der Waals surface area contributed by atoms with Crippen molar-refractivity contribution in [1.29, 1.82) is 0 Å². The van der Waals surface area contributed by atoms with Gasteiger partial charge in [0, 0.05) is 18.5 Å². The van der Waals surface area contributed by atoms with E-state index in [2.05, 4.69) is 11.9 Å². The lowest BCUT2D eigenvalue weighted by Crippen LogP contribution is -2.56. The highest BCUT2D eigenvalue weighted by atomic mass is 16.5. The first-order valence-electron chi connectivity index (χ1n) is 8.31. The van der Waals surface area contributed by atoms with Gasteiger partial charge in [0.1, 0.15) is 0 Å². The minimum atomic E-state index is -0.579. The second kappa shape index (κ2) is 6.47.